The molecule has 2 saturated carbocycles. The quantitative estimate of drug-likeness (QED) is 0.0485. The molecule has 0 N–H and O–H groups in total. The van der Waals surface area contributed by atoms with E-state index in [9.17, 15) is 0 Å². The third-order valence-corrected chi connectivity index (χ3v) is 11.3. The van der Waals surface area contributed by atoms with Gasteiger partial charge in [0.2, 0.25) is 0 Å². The summed E-state index contributed by atoms with van der Waals surface area (Å²) in [6, 6.07) is 0. The molecule has 2 aliphatic rings. The third kappa shape index (κ3) is 26.1. The normalized spacial score (nSPS) is 20.9. The van der Waals surface area contributed by atoms with Crippen LogP contribution in [0.4, 0.5) is 0 Å². The van der Waals surface area contributed by atoms with Gasteiger partial charge in [0, 0.05) is 13.2 Å². The van der Waals surface area contributed by atoms with E-state index < -0.39 is 0 Å². The van der Waals surface area contributed by atoms with Crippen molar-refractivity contribution in [2.24, 2.45) is 23.7 Å². The van der Waals surface area contributed by atoms with Gasteiger partial charge in [-0.2, -0.15) is 0 Å². The highest BCUT2D eigenvalue weighted by atomic mass is 16.6. The maximum absolute atomic E-state index is 6.19. The number of hydrogen-bond donors (Lipinski definition) is 0. The van der Waals surface area contributed by atoms with E-state index in [1.54, 1.807) is 0 Å². The van der Waals surface area contributed by atoms with Gasteiger partial charge in [-0.1, -0.05) is 187 Å². The molecule has 0 aromatic carbocycles. The van der Waals surface area contributed by atoms with Crippen molar-refractivity contribution in [3.8, 4) is 0 Å². The van der Waals surface area contributed by atoms with Gasteiger partial charge in [-0.25, -0.2) is 0 Å². The van der Waals surface area contributed by atoms with Crippen molar-refractivity contribution >= 4 is 0 Å². The molecule has 0 aliphatic heterocycles. The fourth-order valence-electron chi connectivity index (χ4n) is 7.83. The van der Waals surface area contributed by atoms with Crippen LogP contribution >= 0.6 is 0 Å². The molecule has 0 aromatic heterocycles. The van der Waals surface area contributed by atoms with Crippen LogP contribution < -0.4 is 0 Å². The smallest absolute Gasteiger partial charge is 0.104 e. The average Bonchev–Trinajstić information content (AvgIpc) is 4.01. The zero-order chi connectivity index (χ0) is 33.5. The minimum Gasteiger partial charge on any atom is -0.379 e. The molecular weight excluding hydrogens is 576 g/mol. The Kier molecular flexibility index (Phi) is 28.8. The van der Waals surface area contributed by atoms with Gasteiger partial charge in [-0.3, -0.25) is 0 Å². The average molecular weight is 661 g/mol. The van der Waals surface area contributed by atoms with E-state index in [4.69, 9.17) is 14.2 Å². The fraction of sp³-hybridized carbons (Fsp3) is 0.955. The predicted octanol–water partition coefficient (Wildman–Crippen LogP) is 13.8. The van der Waals surface area contributed by atoms with Crippen molar-refractivity contribution in [2.75, 3.05) is 33.0 Å². The van der Waals surface area contributed by atoms with E-state index in [1.807, 2.05) is 6.08 Å². The summed E-state index contributed by atoms with van der Waals surface area (Å²) in [6.45, 7) is 11.9. The molecular formula is C44H84O3. The van der Waals surface area contributed by atoms with Crippen molar-refractivity contribution in [1.82, 2.24) is 0 Å². The number of rotatable bonds is 39. The minimum atomic E-state index is 0.0464. The van der Waals surface area contributed by atoms with Gasteiger partial charge in [-0.15, -0.1) is 6.58 Å². The summed E-state index contributed by atoms with van der Waals surface area (Å²) in [6.07, 6.45) is 44.5. The molecule has 5 unspecified atom stereocenters. The molecule has 0 radical (unpaired) electrons. The lowest BCUT2D eigenvalue weighted by Crippen LogP contribution is -2.26. The molecule has 47 heavy (non-hydrogen) atoms. The van der Waals surface area contributed by atoms with Gasteiger partial charge in [-0.05, 0) is 49.4 Å². The van der Waals surface area contributed by atoms with Crippen molar-refractivity contribution in [2.45, 2.75) is 213 Å². The monoisotopic (exact) mass is 661 g/mol. The van der Waals surface area contributed by atoms with Crippen LogP contribution in [0.15, 0.2) is 12.7 Å². The van der Waals surface area contributed by atoms with E-state index in [0.29, 0.717) is 19.8 Å². The van der Waals surface area contributed by atoms with Gasteiger partial charge in [0.05, 0.1) is 19.8 Å². The van der Waals surface area contributed by atoms with Crippen LogP contribution in [0.2, 0.25) is 0 Å². The van der Waals surface area contributed by atoms with Crippen LogP contribution in [0.3, 0.4) is 0 Å². The standard InChI is InChI=1S/C44H84O3/c1-4-7-9-11-17-23-29-40-36-42(40)31-25-19-13-15-21-27-34-46-39-44(38-45-33-6-3)47-35-28-22-16-14-20-26-32-43-37-41(43)30-24-18-12-10-8-5-2/h6,40-44H,3-5,7-39H2,1-2H3. The maximum Gasteiger partial charge on any atom is 0.104 e. The Morgan fingerprint density at radius 2 is 0.830 bits per heavy atom. The topological polar surface area (TPSA) is 27.7 Å². The molecule has 5 atom stereocenters. The summed E-state index contributed by atoms with van der Waals surface area (Å²) < 4.78 is 17.9. The Labute approximate surface area is 295 Å². The molecule has 2 aliphatic carbocycles. The van der Waals surface area contributed by atoms with E-state index >= 15 is 0 Å². The molecule has 2 fully saturated rings. The van der Waals surface area contributed by atoms with Crippen LogP contribution in [0.5, 0.6) is 0 Å². The second-order valence-corrected chi connectivity index (χ2v) is 15.8. The molecule has 0 aromatic rings. The van der Waals surface area contributed by atoms with E-state index in [2.05, 4.69) is 20.4 Å². The van der Waals surface area contributed by atoms with Gasteiger partial charge >= 0.3 is 0 Å². The first-order valence-corrected chi connectivity index (χ1v) is 21.7. The largest absolute Gasteiger partial charge is 0.379 e. The Bertz CT molecular complexity index is 665. The SMILES string of the molecule is C=CCOCC(COCCCCCCCCC1CC1CCCCCCCC)OCCCCCCCCC1CC1CCCCCCCC. The van der Waals surface area contributed by atoms with Gasteiger partial charge in [0.25, 0.3) is 0 Å². The Hall–Kier alpha value is -0.380. The second-order valence-electron chi connectivity index (χ2n) is 15.8. The molecule has 2 rings (SSSR count). The molecule has 278 valence electrons. The molecule has 0 saturated heterocycles. The third-order valence-electron chi connectivity index (χ3n) is 11.3. The van der Waals surface area contributed by atoms with Gasteiger partial charge in [0.1, 0.15) is 6.10 Å². The van der Waals surface area contributed by atoms with Crippen LogP contribution in [0, 0.1) is 23.7 Å². The van der Waals surface area contributed by atoms with E-state index in [-0.39, 0.29) is 6.10 Å². The zero-order valence-electron chi connectivity index (χ0n) is 32.1. The van der Waals surface area contributed by atoms with E-state index in [1.165, 1.54) is 186 Å². The van der Waals surface area contributed by atoms with Crippen molar-refractivity contribution in [3.63, 3.8) is 0 Å². The number of ether oxygens (including phenoxy) is 3. The lowest BCUT2D eigenvalue weighted by molar-refractivity contribution is -0.0573. The Balaban J connectivity index is 1.32. The van der Waals surface area contributed by atoms with Gasteiger partial charge in [0.15, 0.2) is 0 Å². The first-order chi connectivity index (χ1) is 23.3. The minimum absolute atomic E-state index is 0.0464. The first-order valence-electron chi connectivity index (χ1n) is 21.7. The molecule has 0 amide bonds. The van der Waals surface area contributed by atoms with Crippen LogP contribution in [-0.4, -0.2) is 39.1 Å². The first kappa shape index (κ1) is 42.8. The second kappa shape index (κ2) is 31.6. The summed E-state index contributed by atoms with van der Waals surface area (Å²) >= 11 is 0. The highest BCUT2D eigenvalue weighted by Gasteiger charge is 2.35. The summed E-state index contributed by atoms with van der Waals surface area (Å²) in [4.78, 5) is 0. The predicted molar refractivity (Wildman–Crippen MR) is 205 cm³/mol. The molecule has 3 nitrogen and oxygen atoms in total. The summed E-state index contributed by atoms with van der Waals surface area (Å²) in [5.74, 6) is 4.34. The molecule has 0 spiro atoms. The number of hydrogen-bond acceptors (Lipinski definition) is 3. The number of unbranched alkanes of at least 4 members (excludes halogenated alkanes) is 20. The summed E-state index contributed by atoms with van der Waals surface area (Å²) in [5.41, 5.74) is 0. The molecule has 3 heteroatoms. The van der Waals surface area contributed by atoms with Crippen molar-refractivity contribution in [1.29, 1.82) is 0 Å². The van der Waals surface area contributed by atoms with Crippen LogP contribution in [-0.2, 0) is 14.2 Å². The fourth-order valence-corrected chi connectivity index (χ4v) is 7.83. The summed E-state index contributed by atoms with van der Waals surface area (Å²) in [5, 5.41) is 0. The highest BCUT2D eigenvalue weighted by Crippen LogP contribution is 2.46. The molecule has 0 heterocycles. The molecule has 0 bridgehead atoms. The van der Waals surface area contributed by atoms with Crippen molar-refractivity contribution < 1.29 is 14.2 Å². The van der Waals surface area contributed by atoms with Crippen LogP contribution in [0.1, 0.15) is 206 Å². The lowest BCUT2D eigenvalue weighted by Gasteiger charge is -2.18. The lowest BCUT2D eigenvalue weighted by atomic mass is 10.0. The van der Waals surface area contributed by atoms with Crippen molar-refractivity contribution in [3.05, 3.63) is 12.7 Å². The Morgan fingerprint density at radius 1 is 0.468 bits per heavy atom. The van der Waals surface area contributed by atoms with Crippen LogP contribution in [0.25, 0.3) is 0 Å². The Morgan fingerprint density at radius 3 is 1.26 bits per heavy atom. The van der Waals surface area contributed by atoms with E-state index in [0.717, 1.165) is 43.3 Å². The summed E-state index contributed by atoms with van der Waals surface area (Å²) in [7, 11) is 0. The van der Waals surface area contributed by atoms with Gasteiger partial charge < -0.3 is 14.2 Å². The zero-order valence-corrected chi connectivity index (χ0v) is 32.1. The maximum atomic E-state index is 6.19. The highest BCUT2D eigenvalue weighted by molar-refractivity contribution is 4.86.